The maximum atomic E-state index is 13.2. The van der Waals surface area contributed by atoms with Crippen molar-refractivity contribution >= 4 is 34.3 Å². The Hall–Kier alpha value is -4.52. The number of aryl methyl sites for hydroxylation is 1. The van der Waals surface area contributed by atoms with Crippen molar-refractivity contribution in [1.29, 1.82) is 0 Å². The van der Waals surface area contributed by atoms with Crippen LogP contribution in [0.5, 0.6) is 5.88 Å². The number of rotatable bonds is 3. The smallest absolute Gasteiger partial charge is 0.279 e. The molecule has 1 aliphatic heterocycles. The molecular formula is C26H20N4O3. The van der Waals surface area contributed by atoms with Crippen LogP contribution in [0.25, 0.3) is 16.5 Å². The molecule has 0 spiro atoms. The molecule has 4 aromatic rings. The molecule has 0 fully saturated rings. The van der Waals surface area contributed by atoms with E-state index in [1.165, 1.54) is 15.7 Å². The molecule has 1 aromatic heterocycles. The fraction of sp³-hybridized carbons (Fsp3) is 0.0769. The number of pyridine rings is 1. The lowest BCUT2D eigenvalue weighted by atomic mass is 10.1. The number of aromatic nitrogens is 1. The lowest BCUT2D eigenvalue weighted by molar-refractivity contribution is -0.111. The number of amides is 1. The highest BCUT2D eigenvalue weighted by Gasteiger charge is 2.31. The highest BCUT2D eigenvalue weighted by Crippen LogP contribution is 2.28. The van der Waals surface area contributed by atoms with Gasteiger partial charge in [-0.2, -0.15) is 5.10 Å². The van der Waals surface area contributed by atoms with Crippen LogP contribution in [0.3, 0.4) is 0 Å². The number of benzene rings is 3. The molecule has 7 heteroatoms. The fourth-order valence-corrected chi connectivity index (χ4v) is 4.01. The molecule has 0 atom stereocenters. The number of carbonyl (C=O) groups is 1. The number of aromatic hydroxyl groups is 1. The molecule has 0 unspecified atom stereocenters. The highest BCUT2D eigenvalue weighted by atomic mass is 16.3. The quantitative estimate of drug-likeness (QED) is 0.391. The summed E-state index contributed by atoms with van der Waals surface area (Å²) in [7, 11) is 1.68. The predicted octanol–water partition coefficient (Wildman–Crippen LogP) is 3.80. The van der Waals surface area contributed by atoms with E-state index in [9.17, 15) is 14.7 Å². The monoisotopic (exact) mass is 436 g/mol. The van der Waals surface area contributed by atoms with Crippen molar-refractivity contribution in [2.75, 3.05) is 11.9 Å². The number of hydrogen-bond donors (Lipinski definition) is 1. The van der Waals surface area contributed by atoms with E-state index >= 15 is 0 Å². The summed E-state index contributed by atoms with van der Waals surface area (Å²) in [4.78, 5) is 27.3. The van der Waals surface area contributed by atoms with Crippen LogP contribution < -0.4 is 10.5 Å². The molecular weight excluding hydrogens is 416 g/mol. The lowest BCUT2D eigenvalue weighted by Gasteiger charge is -2.13. The average molecular weight is 436 g/mol. The molecule has 0 aliphatic carbocycles. The van der Waals surface area contributed by atoms with Crippen molar-refractivity contribution in [3.63, 3.8) is 0 Å². The van der Waals surface area contributed by atoms with E-state index in [4.69, 9.17) is 0 Å². The van der Waals surface area contributed by atoms with E-state index in [2.05, 4.69) is 10.2 Å². The number of likely N-dealkylation sites (N-methyl/N-ethyl adjacent to an activating group) is 1. The van der Waals surface area contributed by atoms with Crippen molar-refractivity contribution in [1.82, 2.24) is 4.57 Å². The van der Waals surface area contributed by atoms with Gasteiger partial charge in [0.05, 0.1) is 23.2 Å². The second-order valence-corrected chi connectivity index (χ2v) is 7.83. The third kappa shape index (κ3) is 3.30. The standard InChI is InChI=1S/C26H20N4O3/c1-16-11-13-17(14-12-16)30-24(31)19-8-4-3-7-18(19)21(25(30)32)15-27-28-23-20-9-5-6-10-22(20)29(2)26(23)33/h3-15,32H,1-2H3. The van der Waals surface area contributed by atoms with E-state index in [1.54, 1.807) is 43.4 Å². The van der Waals surface area contributed by atoms with Crippen molar-refractivity contribution in [2.45, 2.75) is 6.92 Å². The van der Waals surface area contributed by atoms with Gasteiger partial charge in [0.15, 0.2) is 5.71 Å². The molecule has 1 N–H and O–H groups in total. The number of para-hydroxylation sites is 1. The molecule has 0 saturated carbocycles. The minimum Gasteiger partial charge on any atom is -0.494 e. The van der Waals surface area contributed by atoms with Crippen LogP contribution in [0.1, 0.15) is 16.7 Å². The molecule has 0 saturated heterocycles. The molecule has 7 nitrogen and oxygen atoms in total. The lowest BCUT2D eigenvalue weighted by Crippen LogP contribution is -2.25. The first-order valence-corrected chi connectivity index (χ1v) is 10.4. The fourth-order valence-electron chi connectivity index (χ4n) is 4.01. The van der Waals surface area contributed by atoms with E-state index in [0.717, 1.165) is 11.3 Å². The molecule has 0 radical (unpaired) electrons. The molecule has 33 heavy (non-hydrogen) atoms. The van der Waals surface area contributed by atoms with Gasteiger partial charge in [-0.1, -0.05) is 54.1 Å². The van der Waals surface area contributed by atoms with E-state index in [-0.39, 0.29) is 23.1 Å². The second-order valence-electron chi connectivity index (χ2n) is 7.83. The zero-order valence-electron chi connectivity index (χ0n) is 18.1. The van der Waals surface area contributed by atoms with Gasteiger partial charge >= 0.3 is 0 Å². The molecule has 162 valence electrons. The van der Waals surface area contributed by atoms with Gasteiger partial charge in [-0.05, 0) is 31.2 Å². The Kier molecular flexibility index (Phi) is 4.86. The summed E-state index contributed by atoms with van der Waals surface area (Å²) in [6, 6.07) is 21.6. The van der Waals surface area contributed by atoms with Crippen LogP contribution in [0.4, 0.5) is 5.69 Å². The van der Waals surface area contributed by atoms with Crippen molar-refractivity contribution in [3.8, 4) is 11.6 Å². The SMILES string of the molecule is Cc1ccc(-n2c(O)c(C=NN=C3C(=O)N(C)c4ccccc43)c3ccccc3c2=O)cc1. The highest BCUT2D eigenvalue weighted by molar-refractivity contribution is 6.54. The Bertz CT molecular complexity index is 1530. The molecule has 2 heterocycles. The van der Waals surface area contributed by atoms with Crippen molar-refractivity contribution in [3.05, 3.63) is 99.8 Å². The zero-order valence-corrected chi connectivity index (χ0v) is 18.1. The van der Waals surface area contributed by atoms with Crippen LogP contribution in [0.15, 0.2) is 87.8 Å². The van der Waals surface area contributed by atoms with Gasteiger partial charge in [-0.15, -0.1) is 5.10 Å². The number of fused-ring (bicyclic) bond motifs is 2. The maximum absolute atomic E-state index is 13.2. The van der Waals surface area contributed by atoms with Crippen molar-refractivity contribution in [2.24, 2.45) is 10.2 Å². The summed E-state index contributed by atoms with van der Waals surface area (Å²) in [6.45, 7) is 1.95. The second kappa shape index (κ2) is 7.87. The van der Waals surface area contributed by atoms with Crippen LogP contribution >= 0.6 is 0 Å². The van der Waals surface area contributed by atoms with Crippen LogP contribution in [0, 0.1) is 6.92 Å². The number of carbonyl (C=O) groups excluding carboxylic acids is 1. The Balaban J connectivity index is 1.67. The van der Waals surface area contributed by atoms with Gasteiger partial charge < -0.3 is 10.0 Å². The third-order valence-electron chi connectivity index (χ3n) is 5.77. The normalized spacial score (nSPS) is 14.5. The van der Waals surface area contributed by atoms with Gasteiger partial charge in [0.1, 0.15) is 0 Å². The summed E-state index contributed by atoms with van der Waals surface area (Å²) in [5.74, 6) is -0.506. The van der Waals surface area contributed by atoms with Gasteiger partial charge in [0.2, 0.25) is 5.88 Å². The van der Waals surface area contributed by atoms with E-state index in [0.29, 0.717) is 27.6 Å². The van der Waals surface area contributed by atoms with Crippen LogP contribution in [0.2, 0.25) is 0 Å². The minimum absolute atomic E-state index is 0.222. The maximum Gasteiger partial charge on any atom is 0.279 e. The Morgan fingerprint density at radius 1 is 0.879 bits per heavy atom. The summed E-state index contributed by atoms with van der Waals surface area (Å²) >= 11 is 0. The summed E-state index contributed by atoms with van der Waals surface area (Å²) < 4.78 is 1.25. The number of anilines is 1. The summed E-state index contributed by atoms with van der Waals surface area (Å²) in [5.41, 5.74) is 3.25. The molecule has 3 aromatic carbocycles. The van der Waals surface area contributed by atoms with E-state index < -0.39 is 0 Å². The van der Waals surface area contributed by atoms with Crippen LogP contribution in [-0.2, 0) is 4.79 Å². The molecule has 5 rings (SSSR count). The van der Waals surface area contributed by atoms with Gasteiger partial charge in [0.25, 0.3) is 11.5 Å². The zero-order chi connectivity index (χ0) is 23.1. The average Bonchev–Trinajstić information content (AvgIpc) is 3.07. The Labute approximate surface area is 189 Å². The molecule has 0 bridgehead atoms. The first-order chi connectivity index (χ1) is 16.0. The third-order valence-corrected chi connectivity index (χ3v) is 5.77. The van der Waals surface area contributed by atoms with Gasteiger partial charge in [0, 0.05) is 23.4 Å². The first-order valence-electron chi connectivity index (χ1n) is 10.4. The first kappa shape index (κ1) is 20.4. The Morgan fingerprint density at radius 3 is 2.30 bits per heavy atom. The molecule has 1 amide bonds. The molecule has 1 aliphatic rings. The number of nitrogens with zero attached hydrogens (tertiary/aromatic N) is 4. The largest absolute Gasteiger partial charge is 0.494 e. The predicted molar refractivity (Wildman–Crippen MR) is 130 cm³/mol. The topological polar surface area (TPSA) is 87.3 Å². The van der Waals surface area contributed by atoms with E-state index in [1.807, 2.05) is 43.3 Å². The summed E-state index contributed by atoms with van der Waals surface area (Å²) in [6.07, 6.45) is 1.38. The van der Waals surface area contributed by atoms with Crippen LogP contribution in [-0.4, -0.2) is 34.6 Å². The Morgan fingerprint density at radius 2 is 1.55 bits per heavy atom. The summed E-state index contributed by atoms with van der Waals surface area (Å²) in [5, 5.41) is 20.4. The van der Waals surface area contributed by atoms with Gasteiger partial charge in [-0.25, -0.2) is 4.57 Å². The number of hydrogen-bond acceptors (Lipinski definition) is 5. The van der Waals surface area contributed by atoms with Gasteiger partial charge in [-0.3, -0.25) is 9.59 Å². The minimum atomic E-state index is -0.336. The van der Waals surface area contributed by atoms with Crippen molar-refractivity contribution < 1.29 is 9.90 Å².